The van der Waals surface area contributed by atoms with Crippen LogP contribution >= 0.6 is 27.3 Å². The van der Waals surface area contributed by atoms with Gasteiger partial charge in [-0.05, 0) is 36.4 Å². The molecule has 0 saturated heterocycles. The number of thiophene rings is 1. The Kier molecular flexibility index (Phi) is 4.18. The number of rotatable bonds is 3. The quantitative estimate of drug-likeness (QED) is 0.451. The van der Waals surface area contributed by atoms with Crippen molar-refractivity contribution in [3.05, 3.63) is 63.1 Å². The molecule has 0 aliphatic carbocycles. The summed E-state index contributed by atoms with van der Waals surface area (Å²) in [6.07, 6.45) is 1.50. The summed E-state index contributed by atoms with van der Waals surface area (Å²) in [5.41, 5.74) is 13.7. The van der Waals surface area contributed by atoms with E-state index < -0.39 is 0 Å². The Morgan fingerprint density at radius 3 is 2.59 bits per heavy atom. The van der Waals surface area contributed by atoms with Crippen LogP contribution in [-0.2, 0) is 0 Å². The van der Waals surface area contributed by atoms with Crippen molar-refractivity contribution in [1.82, 2.24) is 4.98 Å². The first kappa shape index (κ1) is 17.3. The summed E-state index contributed by atoms with van der Waals surface area (Å²) in [5, 5.41) is 10.0. The molecule has 132 valence electrons. The zero-order chi connectivity index (χ0) is 19.1. The van der Waals surface area contributed by atoms with Gasteiger partial charge in [0.2, 0.25) is 5.78 Å². The summed E-state index contributed by atoms with van der Waals surface area (Å²) in [4.78, 5) is 18.1. The lowest BCUT2D eigenvalue weighted by atomic mass is 10.0. The molecule has 0 saturated carbocycles. The van der Waals surface area contributed by atoms with E-state index in [1.165, 1.54) is 6.26 Å². The number of nitriles is 1. The van der Waals surface area contributed by atoms with E-state index in [1.54, 1.807) is 36.4 Å². The van der Waals surface area contributed by atoms with Crippen LogP contribution in [0.15, 0.2) is 51.6 Å². The van der Waals surface area contributed by atoms with E-state index in [-0.39, 0.29) is 22.9 Å². The molecule has 0 aliphatic heterocycles. The second-order valence-corrected chi connectivity index (χ2v) is 7.61. The second kappa shape index (κ2) is 6.54. The first-order valence-corrected chi connectivity index (χ1v) is 9.38. The summed E-state index contributed by atoms with van der Waals surface area (Å²) in [6, 6.07) is 12.5. The molecule has 8 heteroatoms. The molecular weight excluding hydrogens is 428 g/mol. The van der Waals surface area contributed by atoms with Crippen molar-refractivity contribution in [3.8, 4) is 17.4 Å². The van der Waals surface area contributed by atoms with Gasteiger partial charge in [0.05, 0.1) is 17.5 Å². The molecule has 0 unspecified atom stereocenters. The Hall–Kier alpha value is -3.15. The van der Waals surface area contributed by atoms with Crippen molar-refractivity contribution < 1.29 is 9.21 Å². The molecule has 1 aromatic carbocycles. The van der Waals surface area contributed by atoms with E-state index in [0.717, 1.165) is 15.8 Å². The maximum absolute atomic E-state index is 13.0. The largest absolute Gasteiger partial charge is 0.464 e. The number of aromatic nitrogens is 1. The fourth-order valence-electron chi connectivity index (χ4n) is 2.85. The van der Waals surface area contributed by atoms with Crippen molar-refractivity contribution in [1.29, 1.82) is 5.26 Å². The van der Waals surface area contributed by atoms with Crippen LogP contribution in [-0.4, -0.2) is 10.8 Å². The predicted molar refractivity (Wildman–Crippen MR) is 108 cm³/mol. The number of ketones is 1. The maximum atomic E-state index is 13.0. The van der Waals surface area contributed by atoms with Crippen LogP contribution in [0.2, 0.25) is 0 Å². The van der Waals surface area contributed by atoms with E-state index in [2.05, 4.69) is 27.0 Å². The third-order valence-corrected chi connectivity index (χ3v) is 5.72. The zero-order valence-electron chi connectivity index (χ0n) is 13.7. The molecule has 27 heavy (non-hydrogen) atoms. The summed E-state index contributed by atoms with van der Waals surface area (Å²) < 4.78 is 6.34. The number of carbonyl (C=O) groups excluding carboxylic acids is 1. The molecule has 0 amide bonds. The number of nitrogen functional groups attached to an aromatic ring is 2. The minimum atomic E-state index is -0.217. The Balaban J connectivity index is 2.00. The van der Waals surface area contributed by atoms with E-state index >= 15 is 0 Å². The Morgan fingerprint density at radius 1 is 1.22 bits per heavy atom. The first-order valence-electron chi connectivity index (χ1n) is 7.77. The van der Waals surface area contributed by atoms with Gasteiger partial charge in [-0.3, -0.25) is 4.79 Å². The van der Waals surface area contributed by atoms with Crippen molar-refractivity contribution in [2.24, 2.45) is 0 Å². The van der Waals surface area contributed by atoms with Crippen LogP contribution in [0, 0.1) is 11.3 Å². The predicted octanol–water partition coefficient (Wildman–Crippen LogP) is 4.59. The molecule has 0 bridgehead atoms. The lowest BCUT2D eigenvalue weighted by molar-refractivity contribution is 0.104. The number of furan rings is 1. The van der Waals surface area contributed by atoms with Gasteiger partial charge in [-0.25, -0.2) is 4.98 Å². The van der Waals surface area contributed by atoms with Crippen LogP contribution in [0.4, 0.5) is 11.5 Å². The molecule has 4 rings (SSSR count). The van der Waals surface area contributed by atoms with E-state index in [9.17, 15) is 10.1 Å². The highest BCUT2D eigenvalue weighted by molar-refractivity contribution is 9.10. The number of carbonyl (C=O) groups is 1. The minimum Gasteiger partial charge on any atom is -0.464 e. The molecule has 0 radical (unpaired) electrons. The van der Waals surface area contributed by atoms with E-state index in [1.807, 2.05) is 0 Å². The Morgan fingerprint density at radius 2 is 1.96 bits per heavy atom. The number of anilines is 2. The summed E-state index contributed by atoms with van der Waals surface area (Å²) in [7, 11) is 0. The van der Waals surface area contributed by atoms with Gasteiger partial charge in [0, 0.05) is 15.4 Å². The molecule has 0 aliphatic rings. The van der Waals surface area contributed by atoms with Gasteiger partial charge < -0.3 is 15.9 Å². The highest BCUT2D eigenvalue weighted by Crippen LogP contribution is 2.43. The molecule has 6 nitrogen and oxygen atoms in total. The topological polar surface area (TPSA) is 119 Å². The number of halogens is 1. The third-order valence-electron chi connectivity index (χ3n) is 4.10. The van der Waals surface area contributed by atoms with Crippen LogP contribution in [0.25, 0.3) is 21.5 Å². The van der Waals surface area contributed by atoms with Crippen LogP contribution < -0.4 is 11.5 Å². The van der Waals surface area contributed by atoms with Gasteiger partial charge >= 0.3 is 0 Å². The fourth-order valence-corrected chi connectivity index (χ4v) is 4.19. The molecular formula is C19H11BrN4O2S. The molecule has 0 spiro atoms. The normalized spacial score (nSPS) is 10.8. The SMILES string of the molecule is N#Cc1c(N)nc2sc(C(=O)c3ccc(Br)cc3)c(N)c2c1-c1ccco1. The van der Waals surface area contributed by atoms with Gasteiger partial charge in [-0.1, -0.05) is 15.9 Å². The lowest BCUT2D eigenvalue weighted by Gasteiger charge is -2.06. The summed E-state index contributed by atoms with van der Waals surface area (Å²) >= 11 is 4.50. The number of hydrogen-bond donors (Lipinski definition) is 2. The van der Waals surface area contributed by atoms with Crippen molar-refractivity contribution in [2.75, 3.05) is 11.5 Å². The van der Waals surface area contributed by atoms with Gasteiger partial charge in [0.25, 0.3) is 0 Å². The minimum absolute atomic E-state index is 0.0697. The second-order valence-electron chi connectivity index (χ2n) is 5.70. The fraction of sp³-hybridized carbons (Fsp3) is 0. The van der Waals surface area contributed by atoms with Gasteiger partial charge in [-0.15, -0.1) is 11.3 Å². The Bertz CT molecular complexity index is 1220. The van der Waals surface area contributed by atoms with Crippen LogP contribution in [0.1, 0.15) is 20.8 Å². The lowest BCUT2D eigenvalue weighted by Crippen LogP contribution is -2.02. The highest BCUT2D eigenvalue weighted by atomic mass is 79.9. The molecule has 4 aromatic rings. The molecule has 4 N–H and O–H groups in total. The molecule has 0 fully saturated rings. The van der Waals surface area contributed by atoms with E-state index in [4.69, 9.17) is 15.9 Å². The van der Waals surface area contributed by atoms with Gasteiger partial charge in [-0.2, -0.15) is 5.26 Å². The smallest absolute Gasteiger partial charge is 0.205 e. The standard InChI is InChI=1S/C19H11BrN4O2S/c20-10-5-3-9(4-6-10)16(25)17-15(22)14-13(12-2-1-7-26-12)11(8-21)18(23)24-19(14)27-17/h1-7H,22H2,(H2,23,24). The van der Waals surface area contributed by atoms with Gasteiger partial charge in [0.15, 0.2) is 0 Å². The number of hydrogen-bond acceptors (Lipinski definition) is 7. The van der Waals surface area contributed by atoms with Crippen molar-refractivity contribution in [3.63, 3.8) is 0 Å². The highest BCUT2D eigenvalue weighted by Gasteiger charge is 2.25. The number of nitrogens with two attached hydrogens (primary N) is 2. The molecule has 3 aromatic heterocycles. The summed E-state index contributed by atoms with van der Waals surface area (Å²) in [6.45, 7) is 0. The number of pyridine rings is 1. The third kappa shape index (κ3) is 2.77. The zero-order valence-corrected chi connectivity index (χ0v) is 16.1. The number of benzene rings is 1. The monoisotopic (exact) mass is 438 g/mol. The molecule has 3 heterocycles. The molecule has 0 atom stereocenters. The maximum Gasteiger partial charge on any atom is 0.205 e. The Labute approximate surface area is 166 Å². The first-order chi connectivity index (χ1) is 13.0. The van der Waals surface area contributed by atoms with Crippen molar-refractivity contribution >= 4 is 54.8 Å². The average Bonchev–Trinajstić information content (AvgIpc) is 3.29. The van der Waals surface area contributed by atoms with Gasteiger partial charge in [0.1, 0.15) is 32.9 Å². The number of fused-ring (bicyclic) bond motifs is 1. The van der Waals surface area contributed by atoms with Crippen LogP contribution in [0.5, 0.6) is 0 Å². The average molecular weight is 439 g/mol. The summed E-state index contributed by atoms with van der Waals surface area (Å²) in [5.74, 6) is 0.295. The van der Waals surface area contributed by atoms with Crippen molar-refractivity contribution in [2.45, 2.75) is 0 Å². The van der Waals surface area contributed by atoms with Crippen LogP contribution in [0.3, 0.4) is 0 Å². The van der Waals surface area contributed by atoms with E-state index in [0.29, 0.717) is 32.0 Å². The number of nitrogens with zero attached hydrogens (tertiary/aromatic N) is 2.